The Hall–Kier alpha value is -0.840. The Morgan fingerprint density at radius 1 is 1.11 bits per heavy atom. The highest BCUT2D eigenvalue weighted by atomic mass is 79.9. The molecule has 2 aromatic carbocycles. The zero-order valence-electron chi connectivity index (χ0n) is 9.86. The van der Waals surface area contributed by atoms with Crippen LogP contribution in [0.15, 0.2) is 51.4 Å². The van der Waals surface area contributed by atoms with E-state index in [1.54, 1.807) is 0 Å². The third-order valence-electron chi connectivity index (χ3n) is 2.51. The molecule has 1 atom stereocenters. The zero-order valence-corrected chi connectivity index (χ0v) is 13.0. The lowest BCUT2D eigenvalue weighted by atomic mass is 10.1. The topological polar surface area (TPSA) is 35.2 Å². The predicted octanol–water partition coefficient (Wildman–Crippen LogP) is 5.02. The van der Waals surface area contributed by atoms with Gasteiger partial charge < -0.3 is 10.5 Å². The van der Waals surface area contributed by atoms with Gasteiger partial charge in [-0.3, -0.25) is 0 Å². The first-order valence-corrected chi connectivity index (χ1v) is 7.13. The SMILES string of the molecule is C[C@@H](N)c1ccc(Oc2cccc(Br)c2)c(Br)c1. The first-order chi connectivity index (χ1) is 8.56. The summed E-state index contributed by atoms with van der Waals surface area (Å²) in [5.41, 5.74) is 6.91. The van der Waals surface area contributed by atoms with Gasteiger partial charge in [0, 0.05) is 10.5 Å². The van der Waals surface area contributed by atoms with E-state index in [0.29, 0.717) is 0 Å². The molecule has 0 heterocycles. The molecule has 2 aromatic rings. The molecule has 4 heteroatoms. The maximum atomic E-state index is 5.84. The molecule has 0 amide bonds. The molecule has 2 nitrogen and oxygen atoms in total. The Labute approximate surface area is 123 Å². The van der Waals surface area contributed by atoms with Crippen LogP contribution in [0, 0.1) is 0 Å². The number of rotatable bonds is 3. The fourth-order valence-electron chi connectivity index (χ4n) is 1.54. The second-order valence-electron chi connectivity index (χ2n) is 4.04. The van der Waals surface area contributed by atoms with Gasteiger partial charge >= 0.3 is 0 Å². The molecule has 0 aliphatic carbocycles. The lowest BCUT2D eigenvalue weighted by Gasteiger charge is -2.11. The molecule has 0 radical (unpaired) electrons. The minimum Gasteiger partial charge on any atom is -0.456 e. The van der Waals surface area contributed by atoms with Crippen LogP contribution >= 0.6 is 31.9 Å². The highest BCUT2D eigenvalue weighted by Gasteiger charge is 2.06. The van der Waals surface area contributed by atoms with Crippen molar-refractivity contribution in [1.29, 1.82) is 0 Å². The standard InChI is InChI=1S/C14H13Br2NO/c1-9(17)10-5-6-14(13(16)7-10)18-12-4-2-3-11(15)8-12/h2-9H,17H2,1H3/t9-/m1/s1. The molecule has 0 saturated heterocycles. The molecule has 0 bridgehead atoms. The molecule has 2 N–H and O–H groups in total. The highest BCUT2D eigenvalue weighted by molar-refractivity contribution is 9.10. The number of benzene rings is 2. The number of hydrogen-bond acceptors (Lipinski definition) is 2. The minimum atomic E-state index is 0.0150. The molecule has 18 heavy (non-hydrogen) atoms. The average molecular weight is 371 g/mol. The molecular formula is C14H13Br2NO. The monoisotopic (exact) mass is 369 g/mol. The van der Waals surface area contributed by atoms with Crippen molar-refractivity contribution < 1.29 is 4.74 Å². The van der Waals surface area contributed by atoms with Crippen molar-refractivity contribution in [2.75, 3.05) is 0 Å². The minimum absolute atomic E-state index is 0.0150. The second kappa shape index (κ2) is 5.87. The summed E-state index contributed by atoms with van der Waals surface area (Å²) in [5.74, 6) is 1.57. The van der Waals surface area contributed by atoms with Crippen molar-refractivity contribution in [1.82, 2.24) is 0 Å². The average Bonchev–Trinajstić information content (AvgIpc) is 2.31. The fraction of sp³-hybridized carbons (Fsp3) is 0.143. The van der Waals surface area contributed by atoms with Gasteiger partial charge in [-0.1, -0.05) is 28.1 Å². The van der Waals surface area contributed by atoms with Gasteiger partial charge in [-0.2, -0.15) is 0 Å². The van der Waals surface area contributed by atoms with Gasteiger partial charge in [0.15, 0.2) is 0 Å². The molecular weight excluding hydrogens is 358 g/mol. The summed E-state index contributed by atoms with van der Waals surface area (Å²) in [5, 5.41) is 0. The van der Waals surface area contributed by atoms with Gasteiger partial charge in [0.2, 0.25) is 0 Å². The fourth-order valence-corrected chi connectivity index (χ4v) is 2.40. The third kappa shape index (κ3) is 3.34. The number of halogens is 2. The summed E-state index contributed by atoms with van der Waals surface area (Å²) in [6.07, 6.45) is 0. The lowest BCUT2D eigenvalue weighted by Crippen LogP contribution is -2.04. The van der Waals surface area contributed by atoms with Crippen molar-refractivity contribution in [2.24, 2.45) is 5.73 Å². The van der Waals surface area contributed by atoms with Gasteiger partial charge in [-0.25, -0.2) is 0 Å². The van der Waals surface area contributed by atoms with Gasteiger partial charge in [-0.05, 0) is 58.7 Å². The highest BCUT2D eigenvalue weighted by Crippen LogP contribution is 2.32. The number of nitrogens with two attached hydrogens (primary N) is 1. The molecule has 0 saturated carbocycles. The van der Waals surface area contributed by atoms with E-state index in [1.165, 1.54) is 0 Å². The molecule has 0 aromatic heterocycles. The zero-order chi connectivity index (χ0) is 13.1. The van der Waals surface area contributed by atoms with Gasteiger partial charge in [0.05, 0.1) is 4.47 Å². The number of ether oxygens (including phenoxy) is 1. The van der Waals surface area contributed by atoms with Crippen molar-refractivity contribution in [3.63, 3.8) is 0 Å². The van der Waals surface area contributed by atoms with Crippen molar-refractivity contribution >= 4 is 31.9 Å². The maximum Gasteiger partial charge on any atom is 0.141 e. The van der Waals surface area contributed by atoms with Crippen LogP contribution in [0.1, 0.15) is 18.5 Å². The second-order valence-corrected chi connectivity index (χ2v) is 5.81. The Morgan fingerprint density at radius 2 is 1.89 bits per heavy atom. The van der Waals surface area contributed by atoms with Gasteiger partial charge in [0.1, 0.15) is 11.5 Å². The Morgan fingerprint density at radius 3 is 2.50 bits per heavy atom. The van der Waals surface area contributed by atoms with Gasteiger partial charge in [0.25, 0.3) is 0 Å². The molecule has 0 fully saturated rings. The van der Waals surface area contributed by atoms with E-state index in [1.807, 2.05) is 49.4 Å². The first kappa shape index (κ1) is 13.6. The van der Waals surface area contributed by atoms with Crippen LogP contribution in [0.3, 0.4) is 0 Å². The lowest BCUT2D eigenvalue weighted by molar-refractivity contribution is 0.479. The van der Waals surface area contributed by atoms with E-state index in [9.17, 15) is 0 Å². The van der Waals surface area contributed by atoms with E-state index < -0.39 is 0 Å². The van der Waals surface area contributed by atoms with Crippen molar-refractivity contribution in [3.05, 3.63) is 57.0 Å². The van der Waals surface area contributed by atoms with Crippen LogP contribution < -0.4 is 10.5 Å². The number of hydrogen-bond donors (Lipinski definition) is 1. The molecule has 0 aliphatic rings. The Kier molecular flexibility index (Phi) is 4.43. The smallest absolute Gasteiger partial charge is 0.141 e. The maximum absolute atomic E-state index is 5.84. The van der Waals surface area contributed by atoms with Crippen LogP contribution in [0.25, 0.3) is 0 Å². The summed E-state index contributed by atoms with van der Waals surface area (Å²) in [6, 6.07) is 13.6. The van der Waals surface area contributed by atoms with E-state index in [0.717, 1.165) is 26.0 Å². The Bertz CT molecular complexity index is 555. The summed E-state index contributed by atoms with van der Waals surface area (Å²) >= 11 is 6.92. The molecule has 0 aliphatic heterocycles. The molecule has 0 spiro atoms. The van der Waals surface area contributed by atoms with Crippen LogP contribution in [0.5, 0.6) is 11.5 Å². The quantitative estimate of drug-likeness (QED) is 0.822. The summed E-state index contributed by atoms with van der Waals surface area (Å²) in [4.78, 5) is 0. The van der Waals surface area contributed by atoms with Gasteiger partial charge in [-0.15, -0.1) is 0 Å². The summed E-state index contributed by atoms with van der Waals surface area (Å²) in [7, 11) is 0. The van der Waals surface area contributed by atoms with E-state index in [2.05, 4.69) is 31.9 Å². The van der Waals surface area contributed by atoms with Crippen LogP contribution in [0.4, 0.5) is 0 Å². The summed E-state index contributed by atoms with van der Waals surface area (Å²) < 4.78 is 7.70. The summed E-state index contributed by atoms with van der Waals surface area (Å²) in [6.45, 7) is 1.95. The van der Waals surface area contributed by atoms with E-state index in [-0.39, 0.29) is 6.04 Å². The molecule has 0 unspecified atom stereocenters. The van der Waals surface area contributed by atoms with Crippen LogP contribution in [0.2, 0.25) is 0 Å². The largest absolute Gasteiger partial charge is 0.456 e. The van der Waals surface area contributed by atoms with Crippen molar-refractivity contribution in [3.8, 4) is 11.5 Å². The van der Waals surface area contributed by atoms with Crippen LogP contribution in [-0.2, 0) is 0 Å². The predicted molar refractivity (Wildman–Crippen MR) is 81.0 cm³/mol. The van der Waals surface area contributed by atoms with Crippen LogP contribution in [-0.4, -0.2) is 0 Å². The first-order valence-electron chi connectivity index (χ1n) is 5.54. The third-order valence-corrected chi connectivity index (χ3v) is 3.62. The van der Waals surface area contributed by atoms with E-state index >= 15 is 0 Å². The normalized spacial score (nSPS) is 12.2. The Balaban J connectivity index is 2.24. The molecule has 2 rings (SSSR count). The van der Waals surface area contributed by atoms with E-state index in [4.69, 9.17) is 10.5 Å². The van der Waals surface area contributed by atoms with Crippen molar-refractivity contribution in [2.45, 2.75) is 13.0 Å². The molecule has 94 valence electrons.